The highest BCUT2D eigenvalue weighted by molar-refractivity contribution is 5.92. The number of hydrogen-bond acceptors (Lipinski definition) is 3. The Balaban J connectivity index is 1.71. The van der Waals surface area contributed by atoms with Crippen molar-refractivity contribution in [2.75, 3.05) is 13.1 Å². The fourth-order valence-corrected chi connectivity index (χ4v) is 3.84. The normalized spacial score (nSPS) is 20.1. The maximum atomic E-state index is 12.8. The molecule has 1 aliphatic rings. The first-order valence-electron chi connectivity index (χ1n) is 9.38. The summed E-state index contributed by atoms with van der Waals surface area (Å²) in [5, 5.41) is 0. The molecule has 1 aliphatic heterocycles. The van der Waals surface area contributed by atoms with E-state index < -0.39 is 0 Å². The van der Waals surface area contributed by atoms with E-state index in [2.05, 4.69) is 18.8 Å². The van der Waals surface area contributed by atoms with Crippen LogP contribution in [0.3, 0.4) is 0 Å². The Labute approximate surface area is 156 Å². The van der Waals surface area contributed by atoms with Gasteiger partial charge < -0.3 is 9.64 Å². The number of piperidine rings is 1. The molecule has 1 fully saturated rings. The van der Waals surface area contributed by atoms with E-state index in [-0.39, 0.29) is 5.91 Å². The van der Waals surface area contributed by atoms with Gasteiger partial charge in [-0.2, -0.15) is 0 Å². The number of para-hydroxylation sites is 1. The number of likely N-dealkylation sites (tertiary alicyclic amines) is 1. The number of benzene rings is 1. The van der Waals surface area contributed by atoms with Crippen LogP contribution in [0, 0.1) is 25.7 Å². The number of ether oxygens (including phenoxy) is 1. The van der Waals surface area contributed by atoms with Crippen molar-refractivity contribution in [1.82, 2.24) is 9.88 Å². The molecular weight excluding hydrogens is 324 g/mol. The number of amides is 1. The largest absolute Gasteiger partial charge is 0.487 e. The fourth-order valence-electron chi connectivity index (χ4n) is 3.84. The molecule has 1 aromatic heterocycles. The summed E-state index contributed by atoms with van der Waals surface area (Å²) in [5.74, 6) is 2.00. The van der Waals surface area contributed by atoms with Gasteiger partial charge in [-0.1, -0.05) is 38.1 Å². The maximum absolute atomic E-state index is 12.8. The molecule has 26 heavy (non-hydrogen) atoms. The molecule has 2 unspecified atom stereocenters. The Morgan fingerprint density at radius 1 is 1.08 bits per heavy atom. The van der Waals surface area contributed by atoms with E-state index in [0.29, 0.717) is 24.1 Å². The predicted molar refractivity (Wildman–Crippen MR) is 103 cm³/mol. The zero-order valence-corrected chi connectivity index (χ0v) is 16.2. The first-order valence-corrected chi connectivity index (χ1v) is 9.38. The highest BCUT2D eigenvalue weighted by Gasteiger charge is 2.26. The molecule has 0 radical (unpaired) electrons. The van der Waals surface area contributed by atoms with E-state index >= 15 is 0 Å². The van der Waals surface area contributed by atoms with E-state index in [1.54, 1.807) is 6.07 Å². The summed E-state index contributed by atoms with van der Waals surface area (Å²) < 4.78 is 5.98. The molecular formula is C22H28N2O2. The van der Waals surface area contributed by atoms with E-state index in [1.165, 1.54) is 6.42 Å². The van der Waals surface area contributed by atoms with Gasteiger partial charge in [0.15, 0.2) is 0 Å². The minimum absolute atomic E-state index is 0.0253. The molecule has 1 aromatic carbocycles. The highest BCUT2D eigenvalue weighted by Crippen LogP contribution is 2.24. The quantitative estimate of drug-likeness (QED) is 0.819. The van der Waals surface area contributed by atoms with Gasteiger partial charge in [0, 0.05) is 13.1 Å². The number of hydrogen-bond donors (Lipinski definition) is 0. The van der Waals surface area contributed by atoms with Crippen molar-refractivity contribution in [2.45, 2.75) is 40.7 Å². The Kier molecular flexibility index (Phi) is 5.60. The summed E-state index contributed by atoms with van der Waals surface area (Å²) in [6, 6.07) is 11.7. The van der Waals surface area contributed by atoms with Crippen molar-refractivity contribution >= 4 is 5.91 Å². The Morgan fingerprint density at radius 2 is 1.69 bits per heavy atom. The first-order chi connectivity index (χ1) is 12.4. The lowest BCUT2D eigenvalue weighted by molar-refractivity contribution is 0.0616. The van der Waals surface area contributed by atoms with Crippen LogP contribution in [-0.4, -0.2) is 28.9 Å². The van der Waals surface area contributed by atoms with Gasteiger partial charge in [0.2, 0.25) is 0 Å². The summed E-state index contributed by atoms with van der Waals surface area (Å²) in [7, 11) is 0. The minimum Gasteiger partial charge on any atom is -0.487 e. The molecule has 0 N–H and O–H groups in total. The van der Waals surface area contributed by atoms with E-state index in [4.69, 9.17) is 4.74 Å². The number of carbonyl (C=O) groups excluding carboxylic acids is 1. The molecule has 4 nitrogen and oxygen atoms in total. The topological polar surface area (TPSA) is 42.4 Å². The van der Waals surface area contributed by atoms with Gasteiger partial charge in [-0.05, 0) is 55.4 Å². The molecule has 0 bridgehead atoms. The van der Waals surface area contributed by atoms with Gasteiger partial charge in [-0.15, -0.1) is 0 Å². The molecule has 0 aliphatic carbocycles. The summed E-state index contributed by atoms with van der Waals surface area (Å²) in [4.78, 5) is 19.3. The Bertz CT molecular complexity index is 757. The third-order valence-corrected chi connectivity index (χ3v) is 4.96. The highest BCUT2D eigenvalue weighted by atomic mass is 16.5. The van der Waals surface area contributed by atoms with Crippen LogP contribution in [0.5, 0.6) is 5.75 Å². The van der Waals surface area contributed by atoms with Crippen LogP contribution in [0.25, 0.3) is 0 Å². The Hall–Kier alpha value is -2.36. The molecule has 1 amide bonds. The average molecular weight is 352 g/mol. The second-order valence-corrected chi connectivity index (χ2v) is 7.68. The fraction of sp³-hybridized carbons (Fsp3) is 0.455. The van der Waals surface area contributed by atoms with Crippen LogP contribution in [0.4, 0.5) is 0 Å². The van der Waals surface area contributed by atoms with E-state index in [9.17, 15) is 4.79 Å². The monoisotopic (exact) mass is 352 g/mol. The SMILES string of the molecule is Cc1cccc(C)c1OCc1cccc(C(=O)N2CC(C)CC(C)C2)n1. The molecule has 138 valence electrons. The smallest absolute Gasteiger partial charge is 0.272 e. The van der Waals surface area contributed by atoms with E-state index in [0.717, 1.165) is 35.7 Å². The number of aryl methyl sites for hydroxylation is 2. The van der Waals surface area contributed by atoms with Crippen LogP contribution < -0.4 is 4.74 Å². The average Bonchev–Trinajstić information content (AvgIpc) is 2.60. The molecule has 1 saturated heterocycles. The number of aromatic nitrogens is 1. The second kappa shape index (κ2) is 7.90. The van der Waals surface area contributed by atoms with Crippen LogP contribution in [0.1, 0.15) is 47.6 Å². The van der Waals surface area contributed by atoms with Gasteiger partial charge in [0.1, 0.15) is 18.1 Å². The van der Waals surface area contributed by atoms with Crippen molar-refractivity contribution in [1.29, 1.82) is 0 Å². The maximum Gasteiger partial charge on any atom is 0.272 e. The van der Waals surface area contributed by atoms with Crippen molar-refractivity contribution in [3.05, 3.63) is 58.9 Å². The van der Waals surface area contributed by atoms with Crippen molar-refractivity contribution in [2.24, 2.45) is 11.8 Å². The minimum atomic E-state index is 0.0253. The Morgan fingerprint density at radius 3 is 2.35 bits per heavy atom. The molecule has 2 heterocycles. The standard InChI is InChI=1S/C22H28N2O2/c1-15-11-16(2)13-24(12-15)22(25)20-10-6-9-19(23-20)14-26-21-17(3)7-5-8-18(21)4/h5-10,15-16H,11-14H2,1-4H3. The summed E-state index contributed by atoms with van der Waals surface area (Å²) in [5.41, 5.74) is 3.49. The third-order valence-electron chi connectivity index (χ3n) is 4.96. The van der Waals surface area contributed by atoms with Crippen LogP contribution in [-0.2, 0) is 6.61 Å². The molecule has 3 rings (SSSR count). The zero-order chi connectivity index (χ0) is 18.7. The van der Waals surface area contributed by atoms with E-state index in [1.807, 2.05) is 49.1 Å². The lowest BCUT2D eigenvalue weighted by Gasteiger charge is -2.34. The third kappa shape index (κ3) is 4.24. The van der Waals surface area contributed by atoms with Gasteiger partial charge >= 0.3 is 0 Å². The zero-order valence-electron chi connectivity index (χ0n) is 16.2. The summed E-state index contributed by atoms with van der Waals surface area (Å²) >= 11 is 0. The van der Waals surface area contributed by atoms with Crippen molar-refractivity contribution in [3.8, 4) is 5.75 Å². The summed E-state index contributed by atoms with van der Waals surface area (Å²) in [6.07, 6.45) is 1.18. The lowest BCUT2D eigenvalue weighted by atomic mass is 9.92. The van der Waals surface area contributed by atoms with Crippen molar-refractivity contribution in [3.63, 3.8) is 0 Å². The lowest BCUT2D eigenvalue weighted by Crippen LogP contribution is -2.42. The molecule has 4 heteroatoms. The van der Waals surface area contributed by atoms with Crippen LogP contribution in [0.15, 0.2) is 36.4 Å². The van der Waals surface area contributed by atoms with Gasteiger partial charge in [-0.25, -0.2) is 4.98 Å². The van der Waals surface area contributed by atoms with Crippen LogP contribution >= 0.6 is 0 Å². The van der Waals surface area contributed by atoms with Crippen molar-refractivity contribution < 1.29 is 9.53 Å². The number of rotatable bonds is 4. The molecule has 2 aromatic rings. The number of pyridine rings is 1. The summed E-state index contributed by atoms with van der Waals surface area (Å²) in [6.45, 7) is 10.5. The first kappa shape index (κ1) is 18.4. The van der Waals surface area contributed by atoms with Crippen LogP contribution in [0.2, 0.25) is 0 Å². The number of nitrogens with zero attached hydrogens (tertiary/aromatic N) is 2. The second-order valence-electron chi connectivity index (χ2n) is 7.68. The van der Waals surface area contributed by atoms with Gasteiger partial charge in [0.05, 0.1) is 5.69 Å². The molecule has 0 saturated carbocycles. The molecule has 2 atom stereocenters. The number of carbonyl (C=O) groups is 1. The van der Waals surface area contributed by atoms with Gasteiger partial charge in [0.25, 0.3) is 5.91 Å². The predicted octanol–water partition coefficient (Wildman–Crippen LogP) is 4.40. The molecule has 0 spiro atoms. The van der Waals surface area contributed by atoms with Gasteiger partial charge in [-0.3, -0.25) is 4.79 Å².